The van der Waals surface area contributed by atoms with Gasteiger partial charge < -0.3 is 20.1 Å². The van der Waals surface area contributed by atoms with Crippen LogP contribution in [-0.2, 0) is 17.6 Å². The number of fused-ring (bicyclic) bond motifs is 2. The first kappa shape index (κ1) is 15.5. The Morgan fingerprint density at radius 1 is 1.15 bits per heavy atom. The number of aromatic nitrogens is 5. The van der Waals surface area contributed by atoms with Gasteiger partial charge in [-0.2, -0.15) is 0 Å². The molecule has 9 heteroatoms. The topological polar surface area (TPSA) is 122 Å². The Kier molecular flexibility index (Phi) is 3.56. The Hall–Kier alpha value is -3.75. The van der Waals surface area contributed by atoms with Crippen molar-refractivity contribution >= 4 is 28.4 Å². The van der Waals surface area contributed by atoms with Gasteiger partial charge in [0.1, 0.15) is 17.8 Å². The summed E-state index contributed by atoms with van der Waals surface area (Å²) >= 11 is 0. The van der Waals surface area contributed by atoms with E-state index in [1.807, 2.05) is 30.3 Å². The number of carbonyl (C=O) groups excluding carboxylic acids is 1. The van der Waals surface area contributed by atoms with Gasteiger partial charge in [0.2, 0.25) is 5.91 Å². The smallest absolute Gasteiger partial charge is 0.244 e. The lowest BCUT2D eigenvalue weighted by Crippen LogP contribution is -2.29. The summed E-state index contributed by atoms with van der Waals surface area (Å²) in [5.74, 6) is 1.81. The van der Waals surface area contributed by atoms with E-state index in [1.54, 1.807) is 0 Å². The molecule has 0 saturated carbocycles. The molecule has 0 bridgehead atoms. The van der Waals surface area contributed by atoms with E-state index in [2.05, 4.69) is 35.7 Å². The number of nitrogens with zero attached hydrogens (tertiary/aromatic N) is 4. The Balaban J connectivity index is 1.34. The van der Waals surface area contributed by atoms with E-state index in [4.69, 9.17) is 4.52 Å². The first-order valence-corrected chi connectivity index (χ1v) is 8.54. The quantitative estimate of drug-likeness (QED) is 0.509. The number of para-hydroxylation sites is 2. The van der Waals surface area contributed by atoms with Gasteiger partial charge in [-0.25, -0.2) is 15.0 Å². The molecule has 4 heterocycles. The zero-order valence-electron chi connectivity index (χ0n) is 14.2. The number of anilines is 2. The van der Waals surface area contributed by atoms with E-state index < -0.39 is 0 Å². The van der Waals surface area contributed by atoms with Crippen molar-refractivity contribution in [3.05, 3.63) is 48.1 Å². The van der Waals surface area contributed by atoms with Gasteiger partial charge in [0, 0.05) is 12.5 Å². The molecule has 4 aromatic rings. The Labute approximate surface area is 153 Å². The van der Waals surface area contributed by atoms with Crippen LogP contribution in [0.3, 0.4) is 0 Å². The number of amides is 1. The van der Waals surface area contributed by atoms with E-state index in [-0.39, 0.29) is 12.5 Å². The highest BCUT2D eigenvalue weighted by atomic mass is 16.5. The van der Waals surface area contributed by atoms with Gasteiger partial charge in [-0.1, -0.05) is 17.3 Å². The number of carbonyl (C=O) groups is 1. The van der Waals surface area contributed by atoms with Crippen LogP contribution in [0, 0.1) is 0 Å². The van der Waals surface area contributed by atoms with Crippen LogP contribution >= 0.6 is 0 Å². The summed E-state index contributed by atoms with van der Waals surface area (Å²) in [6.07, 6.45) is 2.69. The molecule has 3 N–H and O–H groups in total. The van der Waals surface area contributed by atoms with Crippen molar-refractivity contribution in [3.63, 3.8) is 0 Å². The number of benzene rings is 1. The molecule has 1 aliphatic rings. The summed E-state index contributed by atoms with van der Waals surface area (Å²) in [5, 5.41) is 9.92. The molecule has 0 radical (unpaired) electrons. The fraction of sp³-hybridized carbons (Fsp3) is 0.167. The Morgan fingerprint density at radius 3 is 3.00 bits per heavy atom. The van der Waals surface area contributed by atoms with Crippen molar-refractivity contribution in [1.82, 2.24) is 25.1 Å². The van der Waals surface area contributed by atoms with Crippen molar-refractivity contribution in [2.45, 2.75) is 12.8 Å². The van der Waals surface area contributed by atoms with Crippen molar-refractivity contribution in [3.8, 4) is 11.5 Å². The molecule has 0 saturated heterocycles. The molecule has 3 aromatic heterocycles. The van der Waals surface area contributed by atoms with Crippen LogP contribution in [0.2, 0.25) is 0 Å². The highest BCUT2D eigenvalue weighted by Gasteiger charge is 2.19. The largest absolute Gasteiger partial charge is 0.372 e. The molecule has 0 aliphatic carbocycles. The first-order valence-electron chi connectivity index (χ1n) is 8.54. The molecule has 1 aromatic carbocycles. The first-order chi connectivity index (χ1) is 13.3. The average Bonchev–Trinajstić information content (AvgIpc) is 3.32. The number of hydrogen-bond donors (Lipinski definition) is 3. The molecular weight excluding hydrogens is 346 g/mol. The predicted octanol–water partition coefficient (Wildman–Crippen LogP) is 2.16. The zero-order chi connectivity index (χ0) is 18.2. The summed E-state index contributed by atoms with van der Waals surface area (Å²) in [6.45, 7) is 0.214. The van der Waals surface area contributed by atoms with Crippen molar-refractivity contribution in [1.29, 1.82) is 0 Å². The zero-order valence-corrected chi connectivity index (χ0v) is 14.2. The van der Waals surface area contributed by atoms with Crippen LogP contribution in [0.15, 0.2) is 41.2 Å². The van der Waals surface area contributed by atoms with Crippen LogP contribution < -0.4 is 10.6 Å². The van der Waals surface area contributed by atoms with E-state index in [9.17, 15) is 4.79 Å². The van der Waals surface area contributed by atoms with Gasteiger partial charge in [0.15, 0.2) is 11.6 Å². The lowest BCUT2D eigenvalue weighted by Gasteiger charge is -2.19. The van der Waals surface area contributed by atoms with E-state index in [1.165, 1.54) is 6.33 Å². The number of aromatic amines is 1. The van der Waals surface area contributed by atoms with Crippen molar-refractivity contribution in [2.24, 2.45) is 0 Å². The maximum absolute atomic E-state index is 11.5. The maximum atomic E-state index is 11.5. The third-order valence-corrected chi connectivity index (χ3v) is 4.41. The van der Waals surface area contributed by atoms with Crippen LogP contribution in [0.1, 0.15) is 11.5 Å². The highest BCUT2D eigenvalue weighted by Crippen LogP contribution is 2.26. The summed E-state index contributed by atoms with van der Waals surface area (Å²) in [4.78, 5) is 27.6. The van der Waals surface area contributed by atoms with Gasteiger partial charge in [-0.05, 0) is 18.6 Å². The normalized spacial score (nSPS) is 13.3. The number of imidazole rings is 1. The van der Waals surface area contributed by atoms with Gasteiger partial charge in [-0.3, -0.25) is 4.79 Å². The fourth-order valence-electron chi connectivity index (χ4n) is 3.10. The molecule has 0 fully saturated rings. The van der Waals surface area contributed by atoms with Crippen molar-refractivity contribution in [2.75, 3.05) is 17.2 Å². The monoisotopic (exact) mass is 361 g/mol. The number of nitrogens with one attached hydrogen (secondary N) is 3. The lowest BCUT2D eigenvalue weighted by atomic mass is 10.1. The standard InChI is InChI=1S/C18H15N7O2/c26-15-8-19-16-13(20-9-21-18(16)24-15)6-5-10-7-14(25-27-10)17-22-11-3-1-2-4-12(11)23-17/h1-4,7,9,19H,5-6,8H2,(H,22,23)(H,20,21,24,26). The van der Waals surface area contributed by atoms with E-state index in [0.717, 1.165) is 28.2 Å². The van der Waals surface area contributed by atoms with Gasteiger partial charge >= 0.3 is 0 Å². The second-order valence-corrected chi connectivity index (χ2v) is 6.23. The Morgan fingerprint density at radius 2 is 2.07 bits per heavy atom. The number of hydrogen-bond acceptors (Lipinski definition) is 7. The minimum atomic E-state index is -0.113. The number of aryl methyl sites for hydroxylation is 2. The molecule has 9 nitrogen and oxygen atoms in total. The van der Waals surface area contributed by atoms with Crippen LogP contribution in [0.4, 0.5) is 11.5 Å². The lowest BCUT2D eigenvalue weighted by molar-refractivity contribution is -0.114. The third kappa shape index (κ3) is 2.88. The molecule has 0 spiro atoms. The summed E-state index contributed by atoms with van der Waals surface area (Å²) in [6, 6.07) is 9.69. The minimum Gasteiger partial charge on any atom is -0.372 e. The molecule has 1 aliphatic heterocycles. The Bertz CT molecular complexity index is 1110. The van der Waals surface area contributed by atoms with Crippen LogP contribution in [0.25, 0.3) is 22.6 Å². The minimum absolute atomic E-state index is 0.113. The predicted molar refractivity (Wildman–Crippen MR) is 98.2 cm³/mol. The molecule has 5 rings (SSSR count). The number of rotatable bonds is 4. The van der Waals surface area contributed by atoms with E-state index in [0.29, 0.717) is 30.2 Å². The second-order valence-electron chi connectivity index (χ2n) is 6.23. The SMILES string of the molecule is O=C1CNc2c(CCc3cc(-c4nc5ccccc5[nH]4)no3)ncnc2N1. The van der Waals surface area contributed by atoms with Crippen LogP contribution in [0.5, 0.6) is 0 Å². The fourth-order valence-corrected chi connectivity index (χ4v) is 3.10. The van der Waals surface area contributed by atoms with Crippen LogP contribution in [-0.4, -0.2) is 37.5 Å². The van der Waals surface area contributed by atoms with E-state index >= 15 is 0 Å². The van der Waals surface area contributed by atoms with Gasteiger partial charge in [0.05, 0.1) is 29.0 Å². The summed E-state index contributed by atoms with van der Waals surface area (Å²) in [5.41, 5.74) is 4.09. The van der Waals surface area contributed by atoms with Gasteiger partial charge in [-0.15, -0.1) is 0 Å². The second kappa shape index (κ2) is 6.20. The molecular formula is C18H15N7O2. The van der Waals surface area contributed by atoms with Crippen molar-refractivity contribution < 1.29 is 9.32 Å². The molecule has 1 amide bonds. The number of H-pyrrole nitrogens is 1. The summed E-state index contributed by atoms with van der Waals surface area (Å²) in [7, 11) is 0. The highest BCUT2D eigenvalue weighted by molar-refractivity contribution is 5.99. The molecule has 134 valence electrons. The van der Waals surface area contributed by atoms with Gasteiger partial charge in [0.25, 0.3) is 0 Å². The third-order valence-electron chi connectivity index (χ3n) is 4.41. The molecule has 0 atom stereocenters. The maximum Gasteiger partial charge on any atom is 0.244 e. The average molecular weight is 361 g/mol. The molecule has 27 heavy (non-hydrogen) atoms. The summed E-state index contributed by atoms with van der Waals surface area (Å²) < 4.78 is 5.45. The molecule has 0 unspecified atom stereocenters.